The molecule has 0 fully saturated rings. The molecule has 0 bridgehead atoms. The molecule has 1 aromatic rings. The number of rotatable bonds is 2. The van der Waals surface area contributed by atoms with Crippen molar-refractivity contribution in [3.05, 3.63) is 23.9 Å². The molecule has 0 aromatic carbocycles. The maximum atomic E-state index is 8.84. The Morgan fingerprint density at radius 2 is 2.27 bits per heavy atom. The van der Waals surface area contributed by atoms with E-state index in [9.17, 15) is 0 Å². The highest BCUT2D eigenvalue weighted by atomic mass is 32.2. The Labute approximate surface area is 69.1 Å². The fourth-order valence-electron chi connectivity index (χ4n) is 0.770. The van der Waals surface area contributed by atoms with E-state index >= 15 is 0 Å². The van der Waals surface area contributed by atoms with Gasteiger partial charge in [-0.25, -0.2) is 4.98 Å². The largest absolute Gasteiger partial charge is 0.364 e. The third-order valence-corrected chi connectivity index (χ3v) is 2.00. The minimum Gasteiger partial charge on any atom is -0.364 e. The van der Waals surface area contributed by atoms with Gasteiger partial charge in [-0.15, -0.1) is 11.8 Å². The number of hydrogen-bond donors (Lipinski definition) is 2. The van der Waals surface area contributed by atoms with Crippen LogP contribution in [0.15, 0.2) is 23.4 Å². The van der Waals surface area contributed by atoms with E-state index in [1.165, 1.54) is 11.8 Å². The van der Waals surface area contributed by atoms with E-state index in [2.05, 4.69) is 4.98 Å². The van der Waals surface area contributed by atoms with Crippen LogP contribution in [0.4, 0.5) is 0 Å². The van der Waals surface area contributed by atoms with Gasteiger partial charge in [0.15, 0.2) is 6.29 Å². The molecule has 0 aliphatic heterocycles. The highest BCUT2D eigenvalue weighted by Gasteiger charge is 2.07. The van der Waals surface area contributed by atoms with Gasteiger partial charge in [0.2, 0.25) is 0 Å². The molecule has 0 radical (unpaired) electrons. The normalized spacial score (nSPS) is 10.5. The highest BCUT2D eigenvalue weighted by Crippen LogP contribution is 2.21. The highest BCUT2D eigenvalue weighted by molar-refractivity contribution is 7.98. The first-order valence-corrected chi connectivity index (χ1v) is 4.33. The van der Waals surface area contributed by atoms with Crippen LogP contribution >= 0.6 is 11.8 Å². The smallest absolute Gasteiger partial charge is 0.181 e. The van der Waals surface area contributed by atoms with E-state index in [4.69, 9.17) is 10.2 Å². The van der Waals surface area contributed by atoms with E-state index in [1.807, 2.05) is 6.26 Å². The van der Waals surface area contributed by atoms with Crippen LogP contribution < -0.4 is 0 Å². The summed E-state index contributed by atoms with van der Waals surface area (Å²) in [7, 11) is 0. The molecule has 3 nitrogen and oxygen atoms in total. The summed E-state index contributed by atoms with van der Waals surface area (Å²) in [6.45, 7) is 0. The molecule has 60 valence electrons. The van der Waals surface area contributed by atoms with Gasteiger partial charge in [0, 0.05) is 11.8 Å². The molecule has 1 heterocycles. The lowest BCUT2D eigenvalue weighted by molar-refractivity contribution is -0.0449. The average molecular weight is 171 g/mol. The first-order valence-electron chi connectivity index (χ1n) is 3.10. The Hall–Kier alpha value is -0.580. The van der Waals surface area contributed by atoms with Crippen LogP contribution in [0.5, 0.6) is 0 Å². The molecule has 1 rings (SSSR count). The van der Waals surface area contributed by atoms with Crippen molar-refractivity contribution in [2.24, 2.45) is 0 Å². The summed E-state index contributed by atoms with van der Waals surface area (Å²) < 4.78 is 0. The molecule has 0 saturated carbocycles. The summed E-state index contributed by atoms with van der Waals surface area (Å²) in [5.41, 5.74) is 0.458. The van der Waals surface area contributed by atoms with E-state index in [1.54, 1.807) is 18.3 Å². The van der Waals surface area contributed by atoms with Crippen LogP contribution in [0.3, 0.4) is 0 Å². The molecule has 0 amide bonds. The summed E-state index contributed by atoms with van der Waals surface area (Å²) in [4.78, 5) is 3.96. The molecule has 0 saturated heterocycles. The van der Waals surface area contributed by atoms with Crippen molar-refractivity contribution < 1.29 is 10.2 Å². The van der Waals surface area contributed by atoms with Crippen molar-refractivity contribution >= 4 is 11.8 Å². The second kappa shape index (κ2) is 3.71. The standard InChI is InChI=1S/C7H9NO2S/c1-11-6-5(7(9)10)3-2-4-8-6/h2-4,7,9-10H,1H3. The molecule has 0 aliphatic rings. The zero-order valence-corrected chi connectivity index (χ0v) is 6.88. The van der Waals surface area contributed by atoms with Crippen LogP contribution in [0.2, 0.25) is 0 Å². The summed E-state index contributed by atoms with van der Waals surface area (Å²) in [5.74, 6) is 0. The van der Waals surface area contributed by atoms with Crippen molar-refractivity contribution in [1.29, 1.82) is 0 Å². The molecule has 4 heteroatoms. The van der Waals surface area contributed by atoms with Crippen LogP contribution in [0, 0.1) is 0 Å². The Kier molecular flexibility index (Phi) is 2.87. The second-order valence-corrected chi connectivity index (χ2v) is 2.77. The van der Waals surface area contributed by atoms with Crippen LogP contribution in [0.1, 0.15) is 11.9 Å². The monoisotopic (exact) mass is 171 g/mol. The topological polar surface area (TPSA) is 53.4 Å². The summed E-state index contributed by atoms with van der Waals surface area (Å²) >= 11 is 1.39. The van der Waals surface area contributed by atoms with Gasteiger partial charge in [-0.1, -0.05) is 0 Å². The van der Waals surface area contributed by atoms with Crippen molar-refractivity contribution in [2.45, 2.75) is 11.3 Å². The second-order valence-electron chi connectivity index (χ2n) is 1.98. The minimum atomic E-state index is -1.42. The molecule has 11 heavy (non-hydrogen) atoms. The van der Waals surface area contributed by atoms with Gasteiger partial charge in [-0.05, 0) is 18.4 Å². The van der Waals surface area contributed by atoms with Gasteiger partial charge in [0.25, 0.3) is 0 Å². The lowest BCUT2D eigenvalue weighted by Gasteiger charge is -2.06. The first-order chi connectivity index (χ1) is 5.25. The minimum absolute atomic E-state index is 0.458. The number of thioether (sulfide) groups is 1. The maximum Gasteiger partial charge on any atom is 0.181 e. The predicted molar refractivity (Wildman–Crippen MR) is 43.2 cm³/mol. The van der Waals surface area contributed by atoms with Crippen LogP contribution in [-0.4, -0.2) is 21.5 Å². The molecule has 2 N–H and O–H groups in total. The zero-order chi connectivity index (χ0) is 8.27. The summed E-state index contributed by atoms with van der Waals surface area (Å²) in [5, 5.41) is 18.3. The van der Waals surface area contributed by atoms with Gasteiger partial charge in [-0.3, -0.25) is 0 Å². The van der Waals surface area contributed by atoms with Gasteiger partial charge in [0.05, 0.1) is 0 Å². The Morgan fingerprint density at radius 3 is 2.73 bits per heavy atom. The van der Waals surface area contributed by atoms with E-state index < -0.39 is 6.29 Å². The van der Waals surface area contributed by atoms with E-state index in [0.29, 0.717) is 10.6 Å². The zero-order valence-electron chi connectivity index (χ0n) is 6.06. The molecule has 0 spiro atoms. The number of pyridine rings is 1. The third kappa shape index (κ3) is 1.92. The number of nitrogens with zero attached hydrogens (tertiary/aromatic N) is 1. The lowest BCUT2D eigenvalue weighted by Crippen LogP contribution is -1.98. The Bertz CT molecular complexity index is 240. The molecular formula is C7H9NO2S. The number of aliphatic hydroxyl groups excluding tert-OH is 1. The van der Waals surface area contributed by atoms with E-state index in [-0.39, 0.29) is 0 Å². The van der Waals surface area contributed by atoms with Crippen molar-refractivity contribution in [3.63, 3.8) is 0 Å². The number of aliphatic hydroxyl groups is 2. The molecular weight excluding hydrogens is 162 g/mol. The molecule has 1 aromatic heterocycles. The maximum absolute atomic E-state index is 8.84. The van der Waals surface area contributed by atoms with Gasteiger partial charge in [0.1, 0.15) is 5.03 Å². The SMILES string of the molecule is CSc1ncccc1C(O)O. The van der Waals surface area contributed by atoms with Crippen molar-refractivity contribution in [3.8, 4) is 0 Å². The molecule has 0 aliphatic carbocycles. The predicted octanol–water partition coefficient (Wildman–Crippen LogP) is 0.787. The quantitative estimate of drug-likeness (QED) is 0.510. The van der Waals surface area contributed by atoms with Gasteiger partial charge < -0.3 is 10.2 Å². The van der Waals surface area contributed by atoms with Crippen molar-refractivity contribution in [2.75, 3.05) is 6.26 Å². The van der Waals surface area contributed by atoms with Gasteiger partial charge in [-0.2, -0.15) is 0 Å². The number of hydrogen-bond acceptors (Lipinski definition) is 4. The fourth-order valence-corrected chi connectivity index (χ4v) is 1.35. The number of aromatic nitrogens is 1. The third-order valence-electron chi connectivity index (χ3n) is 1.27. The van der Waals surface area contributed by atoms with E-state index in [0.717, 1.165) is 0 Å². The Morgan fingerprint density at radius 1 is 1.55 bits per heavy atom. The molecule has 0 atom stereocenters. The van der Waals surface area contributed by atoms with Crippen LogP contribution in [-0.2, 0) is 0 Å². The summed E-state index contributed by atoms with van der Waals surface area (Å²) in [6.07, 6.45) is 2.04. The van der Waals surface area contributed by atoms with Crippen LogP contribution in [0.25, 0.3) is 0 Å². The lowest BCUT2D eigenvalue weighted by atomic mass is 10.3. The summed E-state index contributed by atoms with van der Waals surface area (Å²) in [6, 6.07) is 3.32. The average Bonchev–Trinajstić information content (AvgIpc) is 2.04. The van der Waals surface area contributed by atoms with Crippen molar-refractivity contribution in [1.82, 2.24) is 4.98 Å². The fraction of sp³-hybridized carbons (Fsp3) is 0.286. The molecule has 0 unspecified atom stereocenters. The Balaban J connectivity index is 3.02. The first kappa shape index (κ1) is 8.52. The van der Waals surface area contributed by atoms with Gasteiger partial charge >= 0.3 is 0 Å².